The zero-order chi connectivity index (χ0) is 27.0. The van der Waals surface area contributed by atoms with Crippen molar-refractivity contribution in [3.8, 4) is 5.75 Å². The molecule has 0 fully saturated rings. The van der Waals surface area contributed by atoms with Gasteiger partial charge in [0.05, 0.1) is 22.2 Å². The molecule has 0 unspecified atom stereocenters. The molecule has 0 saturated heterocycles. The first-order chi connectivity index (χ1) is 18.4. The van der Waals surface area contributed by atoms with E-state index in [-0.39, 0.29) is 16.3 Å². The van der Waals surface area contributed by atoms with Gasteiger partial charge in [-0.1, -0.05) is 84.0 Å². The number of carbonyl (C=O) groups excluding carboxylic acids is 1. The molecule has 0 aliphatic carbocycles. The van der Waals surface area contributed by atoms with Crippen molar-refractivity contribution in [3.05, 3.63) is 114 Å². The summed E-state index contributed by atoms with van der Waals surface area (Å²) in [6.45, 7) is 2.21. The SMILES string of the molecule is CCOc1ccc(S(=O)(=O)N[C@H](Cc2ccccc2)C(=O)Nc2ccccc2Sc2ccccc2)cc1Cl. The molecular weight excluding hydrogens is 540 g/mol. The minimum absolute atomic E-state index is 0.0585. The molecule has 0 aliphatic rings. The number of benzene rings is 4. The minimum Gasteiger partial charge on any atom is -0.492 e. The van der Waals surface area contributed by atoms with E-state index < -0.39 is 22.0 Å². The fourth-order valence-electron chi connectivity index (χ4n) is 3.71. The lowest BCUT2D eigenvalue weighted by Gasteiger charge is -2.20. The average Bonchev–Trinajstić information content (AvgIpc) is 2.91. The summed E-state index contributed by atoms with van der Waals surface area (Å²) in [6.07, 6.45) is 0.157. The van der Waals surface area contributed by atoms with E-state index in [2.05, 4.69) is 10.0 Å². The lowest BCUT2D eigenvalue weighted by Crippen LogP contribution is -2.45. The fourth-order valence-corrected chi connectivity index (χ4v) is 6.15. The molecule has 0 aromatic heterocycles. The van der Waals surface area contributed by atoms with Crippen molar-refractivity contribution < 1.29 is 17.9 Å². The molecule has 0 heterocycles. The predicted molar refractivity (Wildman–Crippen MR) is 153 cm³/mol. The highest BCUT2D eigenvalue weighted by molar-refractivity contribution is 7.99. The van der Waals surface area contributed by atoms with Crippen LogP contribution in [0.3, 0.4) is 0 Å². The number of rotatable bonds is 11. The maximum atomic E-state index is 13.5. The van der Waals surface area contributed by atoms with Gasteiger partial charge in [-0.3, -0.25) is 4.79 Å². The Labute approximate surface area is 232 Å². The van der Waals surface area contributed by atoms with E-state index in [1.165, 1.54) is 30.0 Å². The van der Waals surface area contributed by atoms with Gasteiger partial charge >= 0.3 is 0 Å². The summed E-state index contributed by atoms with van der Waals surface area (Å²) in [5, 5.41) is 3.10. The summed E-state index contributed by atoms with van der Waals surface area (Å²) in [4.78, 5) is 15.3. The predicted octanol–water partition coefficient (Wildman–Crippen LogP) is 6.42. The van der Waals surface area contributed by atoms with E-state index >= 15 is 0 Å². The number of sulfonamides is 1. The molecule has 196 valence electrons. The average molecular weight is 567 g/mol. The third-order valence-electron chi connectivity index (χ3n) is 5.53. The molecule has 1 amide bonds. The third kappa shape index (κ3) is 7.39. The number of nitrogens with one attached hydrogen (secondary N) is 2. The van der Waals surface area contributed by atoms with Crippen LogP contribution in [0.25, 0.3) is 0 Å². The zero-order valence-corrected chi connectivity index (χ0v) is 23.0. The molecule has 2 N–H and O–H groups in total. The Morgan fingerprint density at radius 3 is 2.26 bits per heavy atom. The van der Waals surface area contributed by atoms with Crippen LogP contribution in [-0.2, 0) is 21.2 Å². The second-order valence-electron chi connectivity index (χ2n) is 8.29. The van der Waals surface area contributed by atoms with E-state index in [0.29, 0.717) is 18.0 Å². The first-order valence-corrected chi connectivity index (χ1v) is 14.6. The van der Waals surface area contributed by atoms with Gasteiger partial charge in [0.2, 0.25) is 15.9 Å². The number of ether oxygens (including phenoxy) is 1. The van der Waals surface area contributed by atoms with Crippen molar-refractivity contribution in [2.45, 2.75) is 34.1 Å². The van der Waals surface area contributed by atoms with Crippen molar-refractivity contribution >= 4 is 45.0 Å². The molecule has 0 spiro atoms. The van der Waals surface area contributed by atoms with Crippen LogP contribution in [0.2, 0.25) is 5.02 Å². The van der Waals surface area contributed by atoms with Crippen LogP contribution in [0.4, 0.5) is 5.69 Å². The number of anilines is 1. The highest BCUT2D eigenvalue weighted by atomic mass is 35.5. The first-order valence-electron chi connectivity index (χ1n) is 12.0. The van der Waals surface area contributed by atoms with Gasteiger partial charge in [-0.15, -0.1) is 0 Å². The molecule has 0 saturated carbocycles. The van der Waals surface area contributed by atoms with Crippen molar-refractivity contribution in [3.63, 3.8) is 0 Å². The highest BCUT2D eigenvalue weighted by Gasteiger charge is 2.27. The Balaban J connectivity index is 1.60. The van der Waals surface area contributed by atoms with Gasteiger partial charge in [-0.25, -0.2) is 8.42 Å². The molecule has 0 bridgehead atoms. The summed E-state index contributed by atoms with van der Waals surface area (Å²) < 4.78 is 34.6. The van der Waals surface area contributed by atoms with Crippen LogP contribution in [0.1, 0.15) is 12.5 Å². The van der Waals surface area contributed by atoms with Gasteiger partial charge in [0.1, 0.15) is 11.8 Å². The second-order valence-corrected chi connectivity index (χ2v) is 11.5. The van der Waals surface area contributed by atoms with E-state index in [4.69, 9.17) is 16.3 Å². The molecular formula is C29H27ClN2O4S2. The molecule has 4 aromatic rings. The first kappa shape index (κ1) is 27.7. The smallest absolute Gasteiger partial charge is 0.242 e. The number of amides is 1. The molecule has 0 radical (unpaired) electrons. The molecule has 6 nitrogen and oxygen atoms in total. The molecule has 38 heavy (non-hydrogen) atoms. The van der Waals surface area contributed by atoms with Gasteiger partial charge in [0, 0.05) is 9.79 Å². The van der Waals surface area contributed by atoms with Crippen molar-refractivity contribution in [2.24, 2.45) is 0 Å². The van der Waals surface area contributed by atoms with E-state index in [9.17, 15) is 13.2 Å². The van der Waals surface area contributed by atoms with Crippen LogP contribution in [0.5, 0.6) is 5.75 Å². The van der Waals surface area contributed by atoms with Gasteiger partial charge in [-0.2, -0.15) is 4.72 Å². The molecule has 4 aromatic carbocycles. The summed E-state index contributed by atoms with van der Waals surface area (Å²) in [7, 11) is -4.09. The van der Waals surface area contributed by atoms with Crippen LogP contribution in [0, 0.1) is 0 Å². The van der Waals surface area contributed by atoms with Gasteiger partial charge in [-0.05, 0) is 61.4 Å². The number of hydrogen-bond acceptors (Lipinski definition) is 5. The van der Waals surface area contributed by atoms with Crippen molar-refractivity contribution in [2.75, 3.05) is 11.9 Å². The Morgan fingerprint density at radius 1 is 0.921 bits per heavy atom. The monoisotopic (exact) mass is 566 g/mol. The van der Waals surface area contributed by atoms with Crippen molar-refractivity contribution in [1.82, 2.24) is 4.72 Å². The van der Waals surface area contributed by atoms with Crippen LogP contribution >= 0.6 is 23.4 Å². The van der Waals surface area contributed by atoms with Crippen LogP contribution < -0.4 is 14.8 Å². The maximum Gasteiger partial charge on any atom is 0.242 e. The Bertz CT molecular complexity index is 1480. The molecule has 0 aliphatic heterocycles. The summed E-state index contributed by atoms with van der Waals surface area (Å²) in [5.74, 6) is -0.0882. The summed E-state index contributed by atoms with van der Waals surface area (Å²) >= 11 is 7.74. The minimum atomic E-state index is -4.09. The Morgan fingerprint density at radius 2 is 1.58 bits per heavy atom. The Kier molecular flexibility index (Phi) is 9.47. The lowest BCUT2D eigenvalue weighted by molar-refractivity contribution is -0.117. The lowest BCUT2D eigenvalue weighted by atomic mass is 10.1. The van der Waals surface area contributed by atoms with E-state index in [1.54, 1.807) is 6.07 Å². The van der Waals surface area contributed by atoms with Gasteiger partial charge in [0.25, 0.3) is 0 Å². The second kappa shape index (κ2) is 13.0. The quantitative estimate of drug-likeness (QED) is 0.219. The number of halogens is 1. The number of para-hydroxylation sites is 1. The number of carbonyl (C=O) groups is 1. The highest BCUT2D eigenvalue weighted by Crippen LogP contribution is 2.33. The topological polar surface area (TPSA) is 84.5 Å². The molecule has 4 rings (SSSR count). The maximum absolute atomic E-state index is 13.5. The largest absolute Gasteiger partial charge is 0.492 e. The van der Waals surface area contributed by atoms with Crippen LogP contribution in [-0.4, -0.2) is 27.0 Å². The van der Waals surface area contributed by atoms with Crippen molar-refractivity contribution in [1.29, 1.82) is 0 Å². The summed E-state index contributed by atoms with van der Waals surface area (Å²) in [6, 6.07) is 29.6. The normalized spacial score (nSPS) is 12.1. The fraction of sp³-hybridized carbons (Fsp3) is 0.138. The standard InChI is InChI=1S/C29H27ClN2O4S2/c1-2-36-27-18-17-23(20-24(27)30)38(34,35)32-26(19-21-11-5-3-6-12-21)29(33)31-25-15-9-10-16-28(25)37-22-13-7-4-8-14-22/h3-18,20,26,32H,2,19H2,1H3,(H,31,33)/t26-/m1/s1. The number of hydrogen-bond donors (Lipinski definition) is 2. The molecule has 1 atom stereocenters. The van der Waals surface area contributed by atoms with E-state index in [1.807, 2.05) is 85.8 Å². The molecule has 9 heteroatoms. The van der Waals surface area contributed by atoms with Gasteiger partial charge < -0.3 is 10.1 Å². The third-order valence-corrected chi connectivity index (χ3v) is 8.37. The zero-order valence-electron chi connectivity index (χ0n) is 20.6. The summed E-state index contributed by atoms with van der Waals surface area (Å²) in [5.41, 5.74) is 1.40. The van der Waals surface area contributed by atoms with E-state index in [0.717, 1.165) is 15.4 Å². The van der Waals surface area contributed by atoms with Gasteiger partial charge in [0.15, 0.2) is 0 Å². The Hall–Kier alpha value is -3.30. The van der Waals surface area contributed by atoms with Crippen LogP contribution in [0.15, 0.2) is 118 Å².